The number of phenols is 3. The quantitative estimate of drug-likeness (QED) is 0.0687. The number of nitrogens with one attached hydrogen (secondary N) is 6. The minimum absolute atomic E-state index is 0.0423. The topological polar surface area (TPSA) is 542 Å². The molecular weight excluding hydrogens is 1460 g/mol. The predicted molar refractivity (Wildman–Crippen MR) is 368 cm³/mol. The Bertz CT molecular complexity index is 4440. The van der Waals surface area contributed by atoms with E-state index >= 15 is 14.4 Å². The summed E-state index contributed by atoms with van der Waals surface area (Å²) in [4.78, 5) is 117. The van der Waals surface area contributed by atoms with Crippen LogP contribution < -0.4 is 57.6 Å². The largest absolute Gasteiger partial charge is 0.508 e. The van der Waals surface area contributed by atoms with Crippen molar-refractivity contribution in [2.24, 2.45) is 30.4 Å². The number of thioether (sulfide) groups is 1. The molecule has 0 saturated carbocycles. The Kier molecular flexibility index (Phi) is 22.9. The number of ether oxygens (including phenoxy) is 6. The second kappa shape index (κ2) is 31.4. The molecule has 11 bridgehead atoms. The number of aliphatic hydroxyl groups is 5. The molecule has 2 fully saturated rings. The third kappa shape index (κ3) is 16.5. The van der Waals surface area contributed by atoms with E-state index in [9.17, 15) is 69.9 Å². The van der Waals surface area contributed by atoms with Crippen LogP contribution in [0.1, 0.15) is 112 Å². The van der Waals surface area contributed by atoms with Gasteiger partial charge in [0.2, 0.25) is 58.5 Å². The van der Waals surface area contributed by atoms with Crippen LogP contribution in [-0.4, -0.2) is 192 Å². The van der Waals surface area contributed by atoms with Crippen LogP contribution in [0.2, 0.25) is 10.0 Å². The zero-order chi connectivity index (χ0) is 76.8. The number of tetrazole rings is 1. The molecule has 0 aliphatic carbocycles. The van der Waals surface area contributed by atoms with E-state index in [4.69, 9.17) is 63.1 Å². The number of carbonyl (C=O) groups is 8. The fourth-order valence-electron chi connectivity index (χ4n) is 13.0. The normalized spacial score (nSPS) is 28.6. The summed E-state index contributed by atoms with van der Waals surface area (Å²) >= 11 is 15.2. The number of carboxylic acids is 1. The standard InChI is InChI=1S/C68H76Cl2N12O23S/c1-24(2)13-25(3)59(92)77-50-52(87)28-8-11-39(34(69)15-28)101-41-17-30-18-42(56(41)105-66-57(104-45-22-68(5,72)58(91)26(4)100-45)55(90)54(89)43(103-66)23-106-67-79-80-81-82(67)6)102-40-12-9-29(16-35(40)70)53(88)51-64(97)76-49(65(98)99)33-19-31(83)20-38(85)46(33)32-14-27(7-10-37(32)84)47(61(94)78-51)75-62(95)48(30)74-60(93)36(21-44(71)86)73-63(50)96/h7-12,14-20,24-26,36,43,45,47-55,57-58,66,83-85,87-91H,13,21-23,72H2,1-6H3,(H2,71,86)(H,73,96)(H,74,93)(H,75,95)(H,76,97)(H,77,92)(H,78,94)(H,98,99)/t25-,26?,36+,43?,45?,47?,48-,49-,50-,51+,52-,53-,54?,55?,57?,58?,66?,68?/m1/s1. The van der Waals surface area contributed by atoms with Crippen molar-refractivity contribution >= 4 is 82.3 Å². The average Bonchev–Trinajstić information content (AvgIpc) is 0.936. The number of aromatic hydroxyl groups is 3. The first-order valence-electron chi connectivity index (χ1n) is 33.1. The smallest absolute Gasteiger partial charge is 0.330 e. The lowest BCUT2D eigenvalue weighted by Gasteiger charge is -2.47. The number of aliphatic carboxylic acids is 1. The molecule has 106 heavy (non-hydrogen) atoms. The zero-order valence-electron chi connectivity index (χ0n) is 57.1. The Hall–Kier alpha value is -9.70. The van der Waals surface area contributed by atoms with E-state index in [0.717, 1.165) is 78.5 Å². The molecule has 19 N–H and O–H groups in total. The summed E-state index contributed by atoms with van der Waals surface area (Å²) in [6, 6.07) is 0.611. The Labute approximate surface area is 616 Å². The second-order valence-electron chi connectivity index (χ2n) is 27.0. The molecule has 38 heteroatoms. The van der Waals surface area contributed by atoms with Gasteiger partial charge in [0, 0.05) is 53.4 Å². The molecule has 18 atom stereocenters. The number of fused-ring (bicyclic) bond motifs is 15. The van der Waals surface area contributed by atoms with E-state index in [-0.39, 0.29) is 56.5 Å². The van der Waals surface area contributed by atoms with Crippen molar-refractivity contribution in [2.45, 2.75) is 162 Å². The van der Waals surface area contributed by atoms with Gasteiger partial charge in [0.1, 0.15) is 83.4 Å². The number of nitrogens with two attached hydrogens (primary N) is 2. The summed E-state index contributed by atoms with van der Waals surface area (Å²) in [7, 11) is 1.54. The summed E-state index contributed by atoms with van der Waals surface area (Å²) < 4.78 is 40.7. The molecule has 5 aromatic carbocycles. The zero-order valence-corrected chi connectivity index (χ0v) is 59.4. The molecule has 0 radical (unpaired) electrons. The maximum Gasteiger partial charge on any atom is 0.330 e. The Morgan fingerprint density at radius 1 is 0.745 bits per heavy atom. The van der Waals surface area contributed by atoms with E-state index in [0.29, 0.717) is 6.42 Å². The van der Waals surface area contributed by atoms with Gasteiger partial charge in [-0.3, -0.25) is 33.6 Å². The number of primary amides is 1. The fraction of sp³-hybridized carbons (Fsp3) is 0.426. The number of nitrogens with zero attached hydrogens (tertiary/aromatic N) is 4. The van der Waals surface area contributed by atoms with Gasteiger partial charge in [0.25, 0.3) is 0 Å². The minimum atomic E-state index is -2.34. The molecule has 1 aromatic heterocycles. The number of benzene rings is 5. The van der Waals surface area contributed by atoms with Gasteiger partial charge in [-0.2, -0.15) is 0 Å². The van der Waals surface area contributed by atoms with Gasteiger partial charge in [-0.1, -0.05) is 73.9 Å². The van der Waals surface area contributed by atoms with Crippen molar-refractivity contribution < 1.29 is 113 Å². The van der Waals surface area contributed by atoms with Crippen molar-refractivity contribution in [1.29, 1.82) is 0 Å². The predicted octanol–water partition coefficient (Wildman–Crippen LogP) is 1.48. The first kappa shape index (κ1) is 77.4. The highest BCUT2D eigenvalue weighted by Gasteiger charge is 2.52. The monoisotopic (exact) mass is 1530 g/mol. The van der Waals surface area contributed by atoms with Gasteiger partial charge in [0.05, 0.1) is 34.8 Å². The summed E-state index contributed by atoms with van der Waals surface area (Å²) in [6.45, 7) is 8.29. The number of carboxylic acid groups (broad SMARTS) is 1. The molecule has 7 aliphatic heterocycles. The van der Waals surface area contributed by atoms with Gasteiger partial charge in [-0.15, -0.1) is 5.10 Å². The van der Waals surface area contributed by atoms with Crippen LogP contribution in [0, 0.1) is 11.8 Å². The van der Waals surface area contributed by atoms with Crippen molar-refractivity contribution in [3.8, 4) is 57.1 Å². The first-order valence-corrected chi connectivity index (χ1v) is 34.8. The number of hydrogen-bond donors (Lipinski definition) is 17. The molecule has 10 unspecified atom stereocenters. The average molecular weight is 1530 g/mol. The molecule has 35 nitrogen and oxygen atoms in total. The number of amides is 7. The Balaban J connectivity index is 1.16. The van der Waals surface area contributed by atoms with Crippen molar-refractivity contribution in [1.82, 2.24) is 52.1 Å². The number of hydrogen-bond acceptors (Lipinski definition) is 27. The third-order valence-electron chi connectivity index (χ3n) is 18.5. The first-order chi connectivity index (χ1) is 50.0. The van der Waals surface area contributed by atoms with E-state index in [1.807, 2.05) is 13.8 Å². The van der Waals surface area contributed by atoms with E-state index < -0.39 is 225 Å². The second-order valence-corrected chi connectivity index (χ2v) is 28.8. The molecule has 2 saturated heterocycles. The van der Waals surface area contributed by atoms with Crippen molar-refractivity contribution in [3.05, 3.63) is 117 Å². The minimum Gasteiger partial charge on any atom is -0.508 e. The summed E-state index contributed by atoms with van der Waals surface area (Å²) in [5.41, 5.74) is 8.19. The number of aryl methyl sites for hydroxylation is 1. The number of carbonyl (C=O) groups excluding carboxylic acids is 7. The van der Waals surface area contributed by atoms with Crippen LogP contribution in [0.25, 0.3) is 11.1 Å². The highest BCUT2D eigenvalue weighted by molar-refractivity contribution is 7.99. The number of phenolic OH excluding ortho intramolecular Hbond substituents is 3. The van der Waals surface area contributed by atoms with Crippen LogP contribution in [0.4, 0.5) is 0 Å². The van der Waals surface area contributed by atoms with Crippen molar-refractivity contribution in [2.75, 3.05) is 5.75 Å². The fourth-order valence-corrected chi connectivity index (χ4v) is 14.4. The highest BCUT2D eigenvalue weighted by Crippen LogP contribution is 2.50. The molecule has 13 rings (SSSR count). The SMILES string of the molecule is CC(C)C[C@@H](C)C(=O)N[C@H]1C(=O)N[C@@H](CC(N)=O)C(=O)N[C@H]2C(=O)NC3C(=O)N[C@H](C(=O)N[C@@H](C(=O)O)c4cc(O)cc(O)c4-c4cc3ccc4O)[C@H](O)c3ccc(c(Cl)c3)Oc3cc2cc(c3OC2OC(CSc3nnnn3C)C(O)C(O)C2OC2CC(C)(N)C(O)C(C)O2)Oc2ccc(cc2Cl)[C@H]1O. The molecule has 8 heterocycles. The van der Waals surface area contributed by atoms with Gasteiger partial charge in [-0.05, 0) is 113 Å². The summed E-state index contributed by atoms with van der Waals surface area (Å²) in [5, 5.41) is 130. The van der Waals surface area contributed by atoms with Crippen LogP contribution in [0.5, 0.6) is 46.0 Å². The summed E-state index contributed by atoms with van der Waals surface area (Å²) in [6.07, 6.45) is -17.9. The molecule has 566 valence electrons. The van der Waals surface area contributed by atoms with Gasteiger partial charge in [-0.25, -0.2) is 9.48 Å². The van der Waals surface area contributed by atoms with Crippen LogP contribution in [-0.2, 0) is 59.6 Å². The van der Waals surface area contributed by atoms with Gasteiger partial charge < -0.3 is 118 Å². The van der Waals surface area contributed by atoms with Gasteiger partial charge >= 0.3 is 5.97 Å². The molecule has 7 aliphatic rings. The maximum atomic E-state index is 16.1. The number of halogens is 2. The van der Waals surface area contributed by atoms with E-state index in [1.165, 1.54) is 37.7 Å². The van der Waals surface area contributed by atoms with E-state index in [1.54, 1.807) is 6.92 Å². The Morgan fingerprint density at radius 3 is 1.97 bits per heavy atom. The van der Waals surface area contributed by atoms with Crippen LogP contribution in [0.15, 0.2) is 84.0 Å². The number of aromatic nitrogens is 4. The summed E-state index contributed by atoms with van der Waals surface area (Å²) in [5.74, 6) is -16.6. The third-order valence-corrected chi connectivity index (χ3v) is 20.1. The molecular formula is C68H76Cl2N12O23S. The number of aliphatic hydroxyl groups excluding tert-OH is 5. The Morgan fingerprint density at radius 2 is 1.37 bits per heavy atom. The lowest BCUT2D eigenvalue weighted by Crippen LogP contribution is -2.64. The van der Waals surface area contributed by atoms with Crippen LogP contribution in [0.3, 0.4) is 0 Å². The van der Waals surface area contributed by atoms with Gasteiger partial charge in [0.15, 0.2) is 29.9 Å². The highest BCUT2D eigenvalue weighted by atomic mass is 35.5. The molecule has 6 aromatic rings. The number of rotatable bonds is 14. The molecule has 0 spiro atoms. The maximum absolute atomic E-state index is 16.1. The van der Waals surface area contributed by atoms with Crippen molar-refractivity contribution in [3.63, 3.8) is 0 Å². The van der Waals surface area contributed by atoms with Crippen LogP contribution >= 0.6 is 35.0 Å². The lowest BCUT2D eigenvalue weighted by molar-refractivity contribution is -0.329. The molecule has 7 amide bonds. The lowest BCUT2D eigenvalue weighted by atomic mass is 9.86. The van der Waals surface area contributed by atoms with E-state index in [2.05, 4.69) is 47.4 Å².